The average Bonchev–Trinajstić information content (AvgIpc) is 3.43. The molecule has 200 valence electrons. The van der Waals surface area contributed by atoms with Crippen LogP contribution in [0.25, 0.3) is 0 Å². The molecule has 2 aromatic carbocycles. The first kappa shape index (κ1) is 27.9. The maximum atomic E-state index is 13.4. The molecule has 0 aliphatic carbocycles. The number of nitrogens with zero attached hydrogens (tertiary/aromatic N) is 1. The Hall–Kier alpha value is -4.14. The Morgan fingerprint density at radius 1 is 1.13 bits per heavy atom. The summed E-state index contributed by atoms with van der Waals surface area (Å²) >= 11 is 7.14. The van der Waals surface area contributed by atoms with Crippen molar-refractivity contribution in [1.82, 2.24) is 5.32 Å². The van der Waals surface area contributed by atoms with Crippen LogP contribution in [0.5, 0.6) is 0 Å². The van der Waals surface area contributed by atoms with Crippen molar-refractivity contribution in [2.45, 2.75) is 19.0 Å². The van der Waals surface area contributed by atoms with Gasteiger partial charge in [-0.3, -0.25) is 9.59 Å². The lowest BCUT2D eigenvalue weighted by atomic mass is 9.85. The minimum absolute atomic E-state index is 0.0397. The van der Waals surface area contributed by atoms with Crippen LogP contribution in [0.3, 0.4) is 0 Å². The average molecular weight is 573 g/mol. The standard InChI is InChI=1S/C27H20ClF3N4O3S/c1-15-23(25(37)35-20-12-16(27(29,30)31)9-10-19(20)28)24(21-8-5-11-38-21)18(13-32)26(33-15)39-14-22(36)34-17-6-3-2-4-7-17/h2-12,24,33H,14H2,1H3,(H,34,36)(H,35,37)/t24-/m1/s1. The van der Waals surface area contributed by atoms with Crippen molar-refractivity contribution in [2.75, 3.05) is 16.4 Å². The summed E-state index contributed by atoms with van der Waals surface area (Å²) in [6.45, 7) is 1.58. The minimum atomic E-state index is -4.64. The molecule has 0 saturated heterocycles. The molecule has 3 N–H and O–H groups in total. The van der Waals surface area contributed by atoms with Crippen LogP contribution in [0.4, 0.5) is 24.5 Å². The van der Waals surface area contributed by atoms with E-state index in [9.17, 15) is 28.0 Å². The molecule has 4 rings (SSSR count). The highest BCUT2D eigenvalue weighted by atomic mass is 35.5. The number of rotatable bonds is 7. The highest BCUT2D eigenvalue weighted by molar-refractivity contribution is 8.03. The number of hydrogen-bond acceptors (Lipinski definition) is 6. The highest BCUT2D eigenvalue weighted by Gasteiger charge is 2.37. The van der Waals surface area contributed by atoms with Gasteiger partial charge < -0.3 is 20.4 Å². The molecular weight excluding hydrogens is 553 g/mol. The molecule has 1 aliphatic heterocycles. The van der Waals surface area contributed by atoms with Crippen molar-refractivity contribution in [3.8, 4) is 6.07 Å². The van der Waals surface area contributed by atoms with Crippen molar-refractivity contribution < 1.29 is 27.2 Å². The summed E-state index contributed by atoms with van der Waals surface area (Å²) in [6, 6.07) is 16.7. The summed E-state index contributed by atoms with van der Waals surface area (Å²) in [7, 11) is 0. The molecule has 2 amide bonds. The molecule has 39 heavy (non-hydrogen) atoms. The van der Waals surface area contributed by atoms with Gasteiger partial charge in [-0.25, -0.2) is 0 Å². The number of thioether (sulfide) groups is 1. The number of halogens is 4. The number of nitrogens with one attached hydrogen (secondary N) is 3. The number of nitriles is 1. The zero-order valence-corrected chi connectivity index (χ0v) is 21.8. The van der Waals surface area contributed by atoms with Gasteiger partial charge in [-0.1, -0.05) is 41.6 Å². The third-order valence-corrected chi connectivity index (χ3v) is 7.01. The maximum Gasteiger partial charge on any atom is 0.416 e. The van der Waals surface area contributed by atoms with Crippen LogP contribution in [-0.2, 0) is 15.8 Å². The number of alkyl halides is 3. The number of para-hydroxylation sites is 1. The largest absolute Gasteiger partial charge is 0.468 e. The zero-order valence-electron chi connectivity index (χ0n) is 20.2. The van der Waals surface area contributed by atoms with Gasteiger partial charge in [0, 0.05) is 11.4 Å². The minimum Gasteiger partial charge on any atom is -0.468 e. The molecule has 12 heteroatoms. The summed E-state index contributed by atoms with van der Waals surface area (Å²) in [5, 5.41) is 18.5. The van der Waals surface area contributed by atoms with Gasteiger partial charge in [-0.05, 0) is 49.4 Å². The molecule has 2 heterocycles. The summed E-state index contributed by atoms with van der Waals surface area (Å²) in [5.41, 5.74) is -0.133. The van der Waals surface area contributed by atoms with E-state index in [1.165, 1.54) is 6.26 Å². The van der Waals surface area contributed by atoms with E-state index in [4.69, 9.17) is 16.0 Å². The lowest BCUT2D eigenvalue weighted by Crippen LogP contribution is -2.31. The first-order valence-electron chi connectivity index (χ1n) is 11.4. The molecular formula is C27H20ClF3N4O3S. The van der Waals surface area contributed by atoms with Gasteiger partial charge in [0.05, 0.1) is 56.5 Å². The van der Waals surface area contributed by atoms with Crippen molar-refractivity contribution in [3.63, 3.8) is 0 Å². The second-order valence-corrected chi connectivity index (χ2v) is 9.71. The Morgan fingerprint density at radius 3 is 2.51 bits per heavy atom. The van der Waals surface area contributed by atoms with Crippen molar-refractivity contribution in [1.29, 1.82) is 5.26 Å². The molecule has 0 saturated carbocycles. The fourth-order valence-electron chi connectivity index (χ4n) is 3.91. The number of carbonyl (C=O) groups excluding carboxylic acids is 2. The molecule has 1 atom stereocenters. The van der Waals surface area contributed by atoms with Crippen LogP contribution in [0.15, 0.2) is 93.2 Å². The van der Waals surface area contributed by atoms with Gasteiger partial charge in [0.15, 0.2) is 0 Å². The Morgan fingerprint density at radius 2 is 1.87 bits per heavy atom. The molecule has 0 radical (unpaired) electrons. The van der Waals surface area contributed by atoms with Crippen molar-refractivity contribution >= 4 is 46.6 Å². The number of hydrogen-bond donors (Lipinski definition) is 3. The van der Waals surface area contributed by atoms with Crippen LogP contribution < -0.4 is 16.0 Å². The predicted molar refractivity (Wildman–Crippen MR) is 143 cm³/mol. The maximum absolute atomic E-state index is 13.4. The van der Waals surface area contributed by atoms with Crippen LogP contribution in [0.1, 0.15) is 24.2 Å². The third-order valence-electron chi connectivity index (χ3n) is 5.67. The molecule has 0 bridgehead atoms. The SMILES string of the molecule is CC1=C(C(=O)Nc2cc(C(F)(F)F)ccc2Cl)[C@@H](c2ccco2)C(C#N)=C(SCC(=O)Nc2ccccc2)N1. The van der Waals surface area contributed by atoms with Gasteiger partial charge in [0.25, 0.3) is 5.91 Å². The lowest BCUT2D eigenvalue weighted by molar-refractivity contribution is -0.137. The monoisotopic (exact) mass is 572 g/mol. The van der Waals surface area contributed by atoms with E-state index in [0.29, 0.717) is 16.4 Å². The molecule has 0 spiro atoms. The second-order valence-electron chi connectivity index (χ2n) is 8.32. The van der Waals surface area contributed by atoms with Gasteiger partial charge in [-0.2, -0.15) is 18.4 Å². The van der Waals surface area contributed by atoms with Crippen LogP contribution in [0, 0.1) is 11.3 Å². The number of anilines is 2. The normalized spacial score (nSPS) is 15.4. The number of furan rings is 1. The number of dihydropyridines is 1. The molecule has 1 aromatic heterocycles. The topological polar surface area (TPSA) is 107 Å². The fraction of sp³-hybridized carbons (Fsp3) is 0.148. The second kappa shape index (κ2) is 11.7. The summed E-state index contributed by atoms with van der Waals surface area (Å²) in [6.07, 6.45) is -3.26. The van der Waals surface area contributed by atoms with Crippen LogP contribution in [0.2, 0.25) is 5.02 Å². The van der Waals surface area contributed by atoms with Crippen LogP contribution in [-0.4, -0.2) is 17.6 Å². The molecule has 3 aromatic rings. The smallest absolute Gasteiger partial charge is 0.416 e. The summed E-state index contributed by atoms with van der Waals surface area (Å²) in [5.74, 6) is -1.85. The molecule has 0 fully saturated rings. The van der Waals surface area contributed by atoms with E-state index in [1.807, 2.05) is 6.07 Å². The fourth-order valence-corrected chi connectivity index (χ4v) is 4.97. The molecule has 7 nitrogen and oxygen atoms in total. The van der Waals surface area contributed by atoms with Crippen molar-refractivity contribution in [3.05, 3.63) is 105 Å². The van der Waals surface area contributed by atoms with E-state index in [2.05, 4.69) is 22.0 Å². The number of allylic oxidation sites excluding steroid dienone is 2. The van der Waals surface area contributed by atoms with E-state index < -0.39 is 23.6 Å². The number of amides is 2. The Balaban J connectivity index is 1.62. The Labute approximate surface area is 230 Å². The molecule has 0 unspecified atom stereocenters. The first-order valence-corrected chi connectivity index (χ1v) is 12.8. The van der Waals surface area contributed by atoms with E-state index >= 15 is 0 Å². The first-order chi connectivity index (χ1) is 18.6. The number of benzene rings is 2. The van der Waals surface area contributed by atoms with Gasteiger partial charge >= 0.3 is 6.18 Å². The summed E-state index contributed by atoms with van der Waals surface area (Å²) < 4.78 is 45.2. The van der Waals surface area contributed by atoms with Gasteiger partial charge in [-0.15, -0.1) is 0 Å². The van der Waals surface area contributed by atoms with Gasteiger partial charge in [0.2, 0.25) is 5.91 Å². The third kappa shape index (κ3) is 6.47. The Bertz CT molecular complexity index is 1500. The quantitative estimate of drug-likeness (QED) is 0.292. The predicted octanol–water partition coefficient (Wildman–Crippen LogP) is 6.66. The van der Waals surface area contributed by atoms with Gasteiger partial charge in [0.1, 0.15) is 5.76 Å². The lowest BCUT2D eigenvalue weighted by Gasteiger charge is -2.28. The van der Waals surface area contributed by atoms with E-state index in [-0.39, 0.29) is 39.3 Å². The van der Waals surface area contributed by atoms with Crippen LogP contribution >= 0.6 is 23.4 Å². The Kier molecular flexibility index (Phi) is 8.38. The highest BCUT2D eigenvalue weighted by Crippen LogP contribution is 2.42. The molecule has 1 aliphatic rings. The van der Waals surface area contributed by atoms with Crippen molar-refractivity contribution in [2.24, 2.45) is 0 Å². The zero-order chi connectivity index (χ0) is 28.2. The number of carbonyl (C=O) groups is 2. The summed E-state index contributed by atoms with van der Waals surface area (Å²) in [4.78, 5) is 25.9. The van der Waals surface area contributed by atoms with E-state index in [0.717, 1.165) is 30.0 Å². The van der Waals surface area contributed by atoms with E-state index in [1.54, 1.807) is 43.3 Å².